The van der Waals surface area contributed by atoms with E-state index in [0.29, 0.717) is 36.4 Å². The second kappa shape index (κ2) is 11.5. The quantitative estimate of drug-likeness (QED) is 0.468. The van der Waals surface area contributed by atoms with Gasteiger partial charge in [-0.05, 0) is 57.9 Å². The fraction of sp³-hybridized carbons (Fsp3) is 0.500. The maximum Gasteiger partial charge on any atom is 0.327 e. The minimum Gasteiger partial charge on any atom is -0.497 e. The number of hydrogen-bond acceptors (Lipinski definition) is 7. The third kappa shape index (κ3) is 7.37. The molecule has 0 bridgehead atoms. The molecule has 0 spiro atoms. The zero-order chi connectivity index (χ0) is 22.9. The van der Waals surface area contributed by atoms with Gasteiger partial charge >= 0.3 is 6.03 Å². The molecule has 0 aliphatic heterocycles. The minimum atomic E-state index is -0.964. The number of carbonyl (C=O) groups is 1. The predicted molar refractivity (Wildman–Crippen MR) is 121 cm³/mol. The Balaban J connectivity index is 2.27. The van der Waals surface area contributed by atoms with Crippen LogP contribution in [-0.4, -0.2) is 60.1 Å². The summed E-state index contributed by atoms with van der Waals surface area (Å²) in [5, 5.41) is 16.2. The number of urea groups is 1. The second-order valence-electron chi connectivity index (χ2n) is 7.72. The van der Waals surface area contributed by atoms with E-state index < -0.39 is 5.60 Å². The average Bonchev–Trinajstić information content (AvgIpc) is 2.74. The van der Waals surface area contributed by atoms with Gasteiger partial charge in [-0.3, -0.25) is 0 Å². The highest BCUT2D eigenvalue weighted by atomic mass is 16.5. The Labute approximate surface area is 183 Å². The highest BCUT2D eigenvalue weighted by Gasteiger charge is 2.24. The topological polar surface area (TPSA) is 109 Å². The summed E-state index contributed by atoms with van der Waals surface area (Å²) in [6.07, 6.45) is 3.23. The summed E-state index contributed by atoms with van der Waals surface area (Å²) in [6.45, 7) is 6.41. The first-order valence-corrected chi connectivity index (χ1v) is 10.3. The van der Waals surface area contributed by atoms with E-state index in [2.05, 4.69) is 20.6 Å². The molecule has 9 nitrogen and oxygen atoms in total. The summed E-state index contributed by atoms with van der Waals surface area (Å²) in [5.41, 5.74) is -0.329. The highest BCUT2D eigenvalue weighted by Crippen LogP contribution is 2.27. The Morgan fingerprint density at radius 3 is 2.52 bits per heavy atom. The van der Waals surface area contributed by atoms with Crippen LogP contribution in [0.3, 0.4) is 0 Å². The summed E-state index contributed by atoms with van der Waals surface area (Å²) < 4.78 is 10.3. The van der Waals surface area contributed by atoms with E-state index in [1.54, 1.807) is 64.6 Å². The van der Waals surface area contributed by atoms with Gasteiger partial charge in [0.05, 0.1) is 24.4 Å². The minimum absolute atomic E-state index is 0.299. The molecule has 0 saturated carbocycles. The van der Waals surface area contributed by atoms with Crippen molar-refractivity contribution < 1.29 is 19.4 Å². The van der Waals surface area contributed by atoms with E-state index in [0.717, 1.165) is 12.8 Å². The number of hydrogen-bond donors (Lipinski definition) is 3. The van der Waals surface area contributed by atoms with Crippen LogP contribution in [0.1, 0.15) is 33.6 Å². The number of aliphatic hydroxyl groups is 1. The lowest BCUT2D eigenvalue weighted by Crippen LogP contribution is -2.40. The molecule has 3 N–H and O–H groups in total. The van der Waals surface area contributed by atoms with Crippen molar-refractivity contribution in [3.8, 4) is 5.75 Å². The van der Waals surface area contributed by atoms with E-state index in [1.165, 1.54) is 4.90 Å². The molecule has 1 atom stereocenters. The van der Waals surface area contributed by atoms with Crippen LogP contribution in [0.25, 0.3) is 0 Å². The molecule has 0 unspecified atom stereocenters. The zero-order valence-electron chi connectivity index (χ0n) is 18.9. The van der Waals surface area contributed by atoms with Gasteiger partial charge in [-0.15, -0.1) is 0 Å². The number of amides is 2. The fourth-order valence-electron chi connectivity index (χ4n) is 2.64. The van der Waals surface area contributed by atoms with E-state index >= 15 is 0 Å². The van der Waals surface area contributed by atoms with Crippen molar-refractivity contribution in [2.24, 2.45) is 0 Å². The van der Waals surface area contributed by atoms with Gasteiger partial charge in [-0.1, -0.05) is 0 Å². The van der Waals surface area contributed by atoms with Crippen LogP contribution in [0.15, 0.2) is 36.5 Å². The third-order valence-corrected chi connectivity index (χ3v) is 4.86. The van der Waals surface area contributed by atoms with Gasteiger partial charge in [0.15, 0.2) is 0 Å². The Bertz CT molecular complexity index is 823. The largest absolute Gasteiger partial charge is 0.497 e. The number of benzene rings is 1. The molecule has 1 aromatic carbocycles. The number of aromatic nitrogens is 2. The normalized spacial score (nSPS) is 12.2. The van der Waals surface area contributed by atoms with Gasteiger partial charge in [-0.25, -0.2) is 14.7 Å². The van der Waals surface area contributed by atoms with E-state index in [9.17, 15) is 9.90 Å². The van der Waals surface area contributed by atoms with Crippen molar-refractivity contribution in [3.63, 3.8) is 0 Å². The lowest BCUT2D eigenvalue weighted by molar-refractivity contribution is 0.0646. The van der Waals surface area contributed by atoms with Gasteiger partial charge in [0, 0.05) is 32.5 Å². The van der Waals surface area contributed by atoms with Crippen molar-refractivity contribution >= 4 is 23.5 Å². The molecule has 1 aromatic heterocycles. The molecule has 0 radical (unpaired) electrons. The highest BCUT2D eigenvalue weighted by molar-refractivity contribution is 5.98. The molecular formula is C22H33N5O4. The molecule has 1 heterocycles. The van der Waals surface area contributed by atoms with Crippen LogP contribution >= 0.6 is 0 Å². The lowest BCUT2D eigenvalue weighted by atomic mass is 10.0. The zero-order valence-corrected chi connectivity index (χ0v) is 18.9. The molecule has 2 rings (SSSR count). The Morgan fingerprint density at radius 2 is 1.90 bits per heavy atom. The standard InChI is InChI=1S/C22H33N5O4/c1-16(22(2,3)29)25-20-23-14-12-19(26-20)27(17-8-10-18(31-5)11-9-17)21(28)24-13-6-7-15-30-4/h8-12,14,16,29H,6-7,13,15H2,1-5H3,(H,24,28)(H,23,25,26)/t16-/m0/s1. The van der Waals surface area contributed by atoms with Crippen LogP contribution < -0.4 is 20.3 Å². The summed E-state index contributed by atoms with van der Waals surface area (Å²) in [7, 11) is 3.25. The van der Waals surface area contributed by atoms with Crippen molar-refractivity contribution in [1.82, 2.24) is 15.3 Å². The van der Waals surface area contributed by atoms with Gasteiger partial charge in [0.2, 0.25) is 5.95 Å². The van der Waals surface area contributed by atoms with E-state index in [1.807, 2.05) is 6.92 Å². The van der Waals surface area contributed by atoms with Crippen molar-refractivity contribution in [1.29, 1.82) is 0 Å². The Hall–Kier alpha value is -2.91. The first kappa shape index (κ1) is 24.4. The van der Waals surface area contributed by atoms with Crippen LogP contribution in [-0.2, 0) is 4.74 Å². The Kier molecular flexibility index (Phi) is 9.02. The maximum absolute atomic E-state index is 13.1. The molecule has 9 heteroatoms. The molecular weight excluding hydrogens is 398 g/mol. The number of nitrogens with one attached hydrogen (secondary N) is 2. The van der Waals surface area contributed by atoms with Crippen LogP contribution in [0.4, 0.5) is 22.2 Å². The number of nitrogens with zero attached hydrogens (tertiary/aromatic N) is 3. The number of carbonyl (C=O) groups excluding carboxylic acids is 1. The summed E-state index contributed by atoms with van der Waals surface area (Å²) in [6, 6.07) is 8.20. The molecule has 2 aromatic rings. The number of ether oxygens (including phenoxy) is 2. The van der Waals surface area contributed by atoms with E-state index in [4.69, 9.17) is 9.47 Å². The van der Waals surface area contributed by atoms with Crippen molar-refractivity contribution in [3.05, 3.63) is 36.5 Å². The lowest BCUT2D eigenvalue weighted by Gasteiger charge is -2.27. The van der Waals surface area contributed by atoms with Gasteiger partial charge in [0.25, 0.3) is 0 Å². The number of anilines is 3. The number of rotatable bonds is 11. The van der Waals surface area contributed by atoms with Crippen LogP contribution in [0, 0.1) is 0 Å². The predicted octanol–water partition coefficient (Wildman–Crippen LogP) is 3.33. The number of methoxy groups -OCH3 is 2. The molecule has 0 saturated heterocycles. The van der Waals surface area contributed by atoms with Gasteiger partial charge in [0.1, 0.15) is 11.6 Å². The number of unbranched alkanes of at least 4 members (excludes halogenated alkanes) is 1. The molecule has 0 fully saturated rings. The van der Waals surface area contributed by atoms with Gasteiger partial charge in [-0.2, -0.15) is 4.98 Å². The molecule has 0 aliphatic carbocycles. The third-order valence-electron chi connectivity index (χ3n) is 4.86. The monoisotopic (exact) mass is 431 g/mol. The average molecular weight is 432 g/mol. The summed E-state index contributed by atoms with van der Waals surface area (Å²) in [5.74, 6) is 1.41. The smallest absolute Gasteiger partial charge is 0.327 e. The molecule has 2 amide bonds. The SMILES string of the molecule is COCCCCNC(=O)N(c1ccc(OC)cc1)c1ccnc(N[C@@H](C)C(C)(C)O)n1. The first-order valence-electron chi connectivity index (χ1n) is 10.3. The van der Waals surface area contributed by atoms with Crippen LogP contribution in [0.5, 0.6) is 5.75 Å². The van der Waals surface area contributed by atoms with Gasteiger partial charge < -0.3 is 25.2 Å². The second-order valence-corrected chi connectivity index (χ2v) is 7.72. The summed E-state index contributed by atoms with van der Waals surface area (Å²) >= 11 is 0. The Morgan fingerprint density at radius 1 is 1.19 bits per heavy atom. The molecule has 170 valence electrons. The van der Waals surface area contributed by atoms with Crippen LogP contribution in [0.2, 0.25) is 0 Å². The van der Waals surface area contributed by atoms with Crippen molar-refractivity contribution in [2.75, 3.05) is 37.6 Å². The first-order chi connectivity index (χ1) is 14.8. The fourth-order valence-corrected chi connectivity index (χ4v) is 2.64. The summed E-state index contributed by atoms with van der Waals surface area (Å²) in [4.78, 5) is 23.3. The molecule has 0 aliphatic rings. The molecule has 31 heavy (non-hydrogen) atoms. The van der Waals surface area contributed by atoms with Crippen molar-refractivity contribution in [2.45, 2.75) is 45.3 Å². The van der Waals surface area contributed by atoms with E-state index in [-0.39, 0.29) is 12.1 Å². The maximum atomic E-state index is 13.1.